The number of hydrogen-bond donors (Lipinski definition) is 2. The van der Waals surface area contributed by atoms with Gasteiger partial charge in [-0.1, -0.05) is 13.8 Å². The summed E-state index contributed by atoms with van der Waals surface area (Å²) in [5.74, 6) is -1.11. The van der Waals surface area contributed by atoms with Crippen molar-refractivity contribution in [1.82, 2.24) is 10.2 Å². The van der Waals surface area contributed by atoms with Crippen molar-refractivity contribution in [2.24, 2.45) is 5.92 Å². The molecule has 17 heavy (non-hydrogen) atoms. The second kappa shape index (κ2) is 6.59. The normalized spacial score (nSPS) is 20.6. The van der Waals surface area contributed by atoms with Crippen LogP contribution in [0, 0.1) is 5.92 Å². The maximum Gasteiger partial charge on any atom is 0.308 e. The minimum atomic E-state index is -0.789. The van der Waals surface area contributed by atoms with Crippen molar-refractivity contribution in [2.75, 3.05) is 19.6 Å². The molecule has 1 aliphatic rings. The van der Waals surface area contributed by atoms with Crippen LogP contribution in [0.25, 0.3) is 0 Å². The van der Waals surface area contributed by atoms with Gasteiger partial charge in [0.25, 0.3) is 0 Å². The number of nitrogens with zero attached hydrogens (tertiary/aromatic N) is 1. The molecular formula is C12H22N2O3. The molecule has 1 saturated heterocycles. The van der Waals surface area contributed by atoms with Crippen LogP contribution in [0.4, 0.5) is 0 Å². The molecule has 0 unspecified atom stereocenters. The Morgan fingerprint density at radius 2 is 2.18 bits per heavy atom. The molecule has 0 radical (unpaired) electrons. The molecular weight excluding hydrogens is 220 g/mol. The third-order valence-corrected chi connectivity index (χ3v) is 3.01. The maximum atomic E-state index is 11.8. The minimum absolute atomic E-state index is 0.0594. The van der Waals surface area contributed by atoms with Crippen LogP contribution in [0.15, 0.2) is 0 Å². The van der Waals surface area contributed by atoms with Gasteiger partial charge in [0.2, 0.25) is 5.91 Å². The Labute approximate surface area is 102 Å². The first kappa shape index (κ1) is 14.0. The predicted molar refractivity (Wildman–Crippen MR) is 64.7 cm³/mol. The Morgan fingerprint density at radius 3 is 2.76 bits per heavy atom. The van der Waals surface area contributed by atoms with E-state index in [0.717, 1.165) is 6.42 Å². The highest BCUT2D eigenvalue weighted by Gasteiger charge is 2.27. The predicted octanol–water partition coefficient (Wildman–Crippen LogP) is 0.698. The average Bonchev–Trinajstić information content (AvgIpc) is 2.28. The van der Waals surface area contributed by atoms with Crippen molar-refractivity contribution in [3.63, 3.8) is 0 Å². The Bertz CT molecular complexity index is 279. The number of piperidine rings is 1. The second-order valence-electron chi connectivity index (χ2n) is 4.88. The van der Waals surface area contributed by atoms with Gasteiger partial charge in [0, 0.05) is 32.1 Å². The smallest absolute Gasteiger partial charge is 0.308 e. The summed E-state index contributed by atoms with van der Waals surface area (Å²) in [4.78, 5) is 24.4. The third kappa shape index (κ3) is 4.73. The fourth-order valence-corrected chi connectivity index (χ4v) is 2.03. The van der Waals surface area contributed by atoms with E-state index in [2.05, 4.69) is 5.32 Å². The molecule has 98 valence electrons. The number of aliphatic carboxylic acids is 1. The topological polar surface area (TPSA) is 69.6 Å². The molecule has 1 rings (SSSR count). The summed E-state index contributed by atoms with van der Waals surface area (Å²) in [5, 5.41) is 12.1. The number of likely N-dealkylation sites (tertiary alicyclic amines) is 1. The summed E-state index contributed by atoms with van der Waals surface area (Å²) in [6, 6.07) is 0.371. The molecule has 1 heterocycles. The Kier molecular flexibility index (Phi) is 5.41. The number of carbonyl (C=O) groups excluding carboxylic acids is 1. The molecule has 2 N–H and O–H groups in total. The van der Waals surface area contributed by atoms with Gasteiger partial charge in [0.1, 0.15) is 0 Å². The molecule has 1 fully saturated rings. The molecule has 0 aromatic heterocycles. The molecule has 0 aliphatic carbocycles. The lowest BCUT2D eigenvalue weighted by Crippen LogP contribution is -2.43. The lowest BCUT2D eigenvalue weighted by atomic mass is 9.98. The summed E-state index contributed by atoms with van der Waals surface area (Å²) in [6.45, 7) is 5.79. The van der Waals surface area contributed by atoms with Crippen LogP contribution in [-0.4, -0.2) is 47.6 Å². The molecule has 0 aromatic carbocycles. The summed E-state index contributed by atoms with van der Waals surface area (Å²) >= 11 is 0. The fourth-order valence-electron chi connectivity index (χ4n) is 2.03. The first-order chi connectivity index (χ1) is 8.00. The Hall–Kier alpha value is -1.10. The number of hydrogen-bond acceptors (Lipinski definition) is 3. The minimum Gasteiger partial charge on any atom is -0.481 e. The van der Waals surface area contributed by atoms with Crippen molar-refractivity contribution in [3.8, 4) is 0 Å². The molecule has 1 aliphatic heterocycles. The van der Waals surface area contributed by atoms with Gasteiger partial charge in [0.05, 0.1) is 5.92 Å². The summed E-state index contributed by atoms with van der Waals surface area (Å²) in [6.07, 6.45) is 1.92. The standard InChI is InChI=1S/C12H22N2O3/c1-9(2)13-6-5-11(15)14-7-3-4-10(8-14)12(16)17/h9-10,13H,3-8H2,1-2H3,(H,16,17)/t10-/m1/s1. The molecule has 1 atom stereocenters. The largest absolute Gasteiger partial charge is 0.481 e. The number of carboxylic acids is 1. The van der Waals surface area contributed by atoms with Gasteiger partial charge in [0.15, 0.2) is 0 Å². The van der Waals surface area contributed by atoms with Crippen molar-refractivity contribution in [1.29, 1.82) is 0 Å². The van der Waals surface area contributed by atoms with Crippen molar-refractivity contribution in [2.45, 2.75) is 39.2 Å². The van der Waals surface area contributed by atoms with Gasteiger partial charge in [-0.05, 0) is 12.8 Å². The lowest BCUT2D eigenvalue weighted by Gasteiger charge is -2.30. The van der Waals surface area contributed by atoms with Crippen LogP contribution in [0.2, 0.25) is 0 Å². The van der Waals surface area contributed by atoms with Crippen molar-refractivity contribution in [3.05, 3.63) is 0 Å². The second-order valence-corrected chi connectivity index (χ2v) is 4.88. The first-order valence-electron chi connectivity index (χ1n) is 6.24. The monoisotopic (exact) mass is 242 g/mol. The number of nitrogens with one attached hydrogen (secondary N) is 1. The zero-order valence-corrected chi connectivity index (χ0v) is 10.6. The quantitative estimate of drug-likeness (QED) is 0.744. The van der Waals surface area contributed by atoms with E-state index in [1.165, 1.54) is 0 Å². The van der Waals surface area contributed by atoms with Gasteiger partial charge >= 0.3 is 5.97 Å². The van der Waals surface area contributed by atoms with E-state index < -0.39 is 5.97 Å². The van der Waals surface area contributed by atoms with Crippen LogP contribution in [0.3, 0.4) is 0 Å². The van der Waals surface area contributed by atoms with E-state index in [9.17, 15) is 9.59 Å². The Morgan fingerprint density at radius 1 is 1.47 bits per heavy atom. The summed E-state index contributed by atoms with van der Waals surface area (Å²) in [7, 11) is 0. The number of carboxylic acid groups (broad SMARTS) is 1. The van der Waals surface area contributed by atoms with Gasteiger partial charge in [-0.15, -0.1) is 0 Å². The van der Waals surface area contributed by atoms with Crippen LogP contribution in [0.1, 0.15) is 33.1 Å². The molecule has 1 amide bonds. The zero-order chi connectivity index (χ0) is 12.8. The molecule has 0 saturated carbocycles. The third-order valence-electron chi connectivity index (χ3n) is 3.01. The van der Waals surface area contributed by atoms with E-state index >= 15 is 0 Å². The summed E-state index contributed by atoms with van der Waals surface area (Å²) < 4.78 is 0. The molecule has 0 spiro atoms. The maximum absolute atomic E-state index is 11.8. The van der Waals surface area contributed by atoms with E-state index in [0.29, 0.717) is 38.5 Å². The average molecular weight is 242 g/mol. The summed E-state index contributed by atoms with van der Waals surface area (Å²) in [5.41, 5.74) is 0. The van der Waals surface area contributed by atoms with Gasteiger partial charge in [-0.2, -0.15) is 0 Å². The Balaban J connectivity index is 2.33. The van der Waals surface area contributed by atoms with Crippen LogP contribution >= 0.6 is 0 Å². The number of amides is 1. The van der Waals surface area contributed by atoms with Crippen LogP contribution in [0.5, 0.6) is 0 Å². The molecule has 5 nitrogen and oxygen atoms in total. The van der Waals surface area contributed by atoms with Crippen molar-refractivity contribution >= 4 is 11.9 Å². The zero-order valence-electron chi connectivity index (χ0n) is 10.6. The molecule has 5 heteroatoms. The highest BCUT2D eigenvalue weighted by Crippen LogP contribution is 2.17. The van der Waals surface area contributed by atoms with Gasteiger partial charge in [-0.25, -0.2) is 0 Å². The highest BCUT2D eigenvalue weighted by atomic mass is 16.4. The lowest BCUT2D eigenvalue weighted by molar-refractivity contribution is -0.145. The van der Waals surface area contributed by atoms with E-state index in [-0.39, 0.29) is 11.8 Å². The molecule has 0 aromatic rings. The fraction of sp³-hybridized carbons (Fsp3) is 0.833. The number of carbonyl (C=O) groups is 2. The van der Waals surface area contributed by atoms with Crippen molar-refractivity contribution < 1.29 is 14.7 Å². The van der Waals surface area contributed by atoms with Gasteiger partial charge < -0.3 is 15.3 Å². The first-order valence-corrected chi connectivity index (χ1v) is 6.24. The van der Waals surface area contributed by atoms with Gasteiger partial charge in [-0.3, -0.25) is 9.59 Å². The highest BCUT2D eigenvalue weighted by molar-refractivity contribution is 5.78. The molecule has 0 bridgehead atoms. The van der Waals surface area contributed by atoms with E-state index in [1.807, 2.05) is 13.8 Å². The van der Waals surface area contributed by atoms with Crippen LogP contribution in [-0.2, 0) is 9.59 Å². The van der Waals surface area contributed by atoms with Crippen LogP contribution < -0.4 is 5.32 Å². The SMILES string of the molecule is CC(C)NCCC(=O)N1CCC[C@@H](C(=O)O)C1. The van der Waals surface area contributed by atoms with E-state index in [4.69, 9.17) is 5.11 Å². The number of rotatable bonds is 5. The van der Waals surface area contributed by atoms with E-state index in [1.54, 1.807) is 4.90 Å².